The average molecular weight is 301 g/mol. The first-order chi connectivity index (χ1) is 12.6. The van der Waals surface area contributed by atoms with E-state index in [1.807, 2.05) is 0 Å². The summed E-state index contributed by atoms with van der Waals surface area (Å²) in [6.45, 7) is 0. The maximum atomic E-state index is 10.6. The summed E-state index contributed by atoms with van der Waals surface area (Å²) in [7, 11) is 0. The average Bonchev–Trinajstić information content (AvgIpc) is 2.63. The fourth-order valence-electron chi connectivity index (χ4n) is 1.55. The fourth-order valence-corrected chi connectivity index (χ4v) is 1.55. The highest BCUT2D eigenvalue weighted by Gasteiger charge is 2.24. The van der Waals surface area contributed by atoms with Crippen LogP contribution in [0, 0.1) is 20.2 Å². The normalized spacial score (nSPS) is 13.5. The van der Waals surface area contributed by atoms with Gasteiger partial charge in [0.25, 0.3) is 0 Å². The number of hydrogen-bond donors (Lipinski definition) is 0. The molecule has 0 heterocycles. The van der Waals surface area contributed by atoms with Gasteiger partial charge < -0.3 is 0 Å². The van der Waals surface area contributed by atoms with E-state index in [9.17, 15) is 20.2 Å². The van der Waals surface area contributed by atoms with Gasteiger partial charge in [-0.3, -0.25) is 20.2 Å². The lowest BCUT2D eigenvalue weighted by Crippen LogP contribution is -2.08. The van der Waals surface area contributed by atoms with Crippen molar-refractivity contribution in [1.82, 2.24) is 0 Å². The van der Waals surface area contributed by atoms with Crippen LogP contribution >= 0.6 is 0 Å². The summed E-state index contributed by atoms with van der Waals surface area (Å²) in [5, 5.41) is 21.2. The molecular weight excluding hydrogens is 284 g/mol. The van der Waals surface area contributed by atoms with Crippen molar-refractivity contribution in [3.63, 3.8) is 0 Å². The van der Waals surface area contributed by atoms with E-state index in [-0.39, 0.29) is 23.2 Å². The van der Waals surface area contributed by atoms with Crippen molar-refractivity contribution in [2.24, 2.45) is 0 Å². The van der Waals surface area contributed by atoms with Gasteiger partial charge in [0.15, 0.2) is 0 Å². The Morgan fingerprint density at radius 1 is 0.864 bits per heavy atom. The summed E-state index contributed by atoms with van der Waals surface area (Å²) in [5.74, 6) is -1.16. The third-order valence-electron chi connectivity index (χ3n) is 2.57. The van der Waals surface area contributed by atoms with E-state index in [0.717, 1.165) is 6.08 Å². The molecule has 0 radical (unpaired) electrons. The van der Waals surface area contributed by atoms with Crippen molar-refractivity contribution in [1.29, 1.82) is 0 Å². The topological polar surface area (TPSA) is 86.3 Å². The molecule has 0 saturated carbocycles. The third-order valence-corrected chi connectivity index (χ3v) is 2.57. The Balaban J connectivity index is 2.34. The molecule has 0 aliphatic rings. The van der Waals surface area contributed by atoms with Crippen molar-refractivity contribution >= 4 is 18.2 Å². The second kappa shape index (κ2) is 6.94. The summed E-state index contributed by atoms with van der Waals surface area (Å²) in [6.07, 6.45) is 3.69. The Morgan fingerprint density at radius 3 is 1.91 bits per heavy atom. The lowest BCUT2D eigenvalue weighted by Gasteiger charge is -1.96. The zero-order valence-electron chi connectivity index (χ0n) is 16.1. The molecule has 0 unspecified atom stereocenters. The van der Waals surface area contributed by atoms with Crippen LogP contribution in [0.15, 0.2) is 60.3 Å². The molecule has 6 heteroatoms. The second-order valence-corrected chi connectivity index (χ2v) is 4.06. The van der Waals surface area contributed by atoms with E-state index in [1.165, 1.54) is 36.4 Å². The summed E-state index contributed by atoms with van der Waals surface area (Å²) in [5.41, 5.74) is 0.843. The van der Waals surface area contributed by atoms with Gasteiger partial charge in [-0.1, -0.05) is 66.6 Å². The van der Waals surface area contributed by atoms with Crippen molar-refractivity contribution in [2.45, 2.75) is 0 Å². The molecule has 2 rings (SSSR count). The van der Waals surface area contributed by atoms with Crippen LogP contribution in [0.1, 0.15) is 23.5 Å². The molecule has 22 heavy (non-hydrogen) atoms. The van der Waals surface area contributed by atoms with Gasteiger partial charge in [-0.2, -0.15) is 0 Å². The van der Waals surface area contributed by atoms with E-state index >= 15 is 0 Å². The van der Waals surface area contributed by atoms with E-state index in [0.29, 0.717) is 5.56 Å². The van der Waals surface area contributed by atoms with Crippen LogP contribution in [0.5, 0.6) is 0 Å². The molecule has 0 fully saturated rings. The standard InChI is InChI=1S/C16H12N2O4/c19-17(20)16(18(21)22)12-15-10-8-14(9-11-15)7-6-13-4-2-1-3-5-13/h1-12H/b7-6+/i1D,2D,3D,4D,5D. The minimum absolute atomic E-state index is 0.0222. The van der Waals surface area contributed by atoms with Crippen LogP contribution in [0.4, 0.5) is 0 Å². The highest BCUT2D eigenvalue weighted by molar-refractivity contribution is 5.70. The number of nitrogens with zero attached hydrogens (tertiary/aromatic N) is 2. The molecule has 0 saturated heterocycles. The SMILES string of the molecule is [2H]c1c([2H])c([2H])c(/C=C/c2ccc(C=C([N+](=O)[O-])[N+](=O)[O-])cc2)c([2H])c1[2H]. The van der Waals surface area contributed by atoms with Gasteiger partial charge in [0.1, 0.15) is 15.9 Å². The van der Waals surface area contributed by atoms with E-state index in [2.05, 4.69) is 0 Å². The lowest BCUT2D eigenvalue weighted by molar-refractivity contribution is -0.613. The quantitative estimate of drug-likeness (QED) is 0.478. The lowest BCUT2D eigenvalue weighted by atomic mass is 10.1. The van der Waals surface area contributed by atoms with Crippen LogP contribution in [-0.2, 0) is 0 Å². The predicted molar refractivity (Wildman–Crippen MR) is 83.8 cm³/mol. The van der Waals surface area contributed by atoms with E-state index < -0.39 is 33.8 Å². The van der Waals surface area contributed by atoms with Crippen molar-refractivity contribution in [3.8, 4) is 0 Å². The zero-order valence-corrected chi connectivity index (χ0v) is 11.1. The molecule has 0 aliphatic carbocycles. The highest BCUT2D eigenvalue weighted by atomic mass is 16.7. The van der Waals surface area contributed by atoms with Crippen LogP contribution < -0.4 is 0 Å². The molecule has 0 amide bonds. The zero-order chi connectivity index (χ0) is 20.3. The molecular formula is C16H12N2O4. The minimum Gasteiger partial charge on any atom is -0.253 e. The maximum Gasteiger partial charge on any atom is 0.559 e. The van der Waals surface area contributed by atoms with Crippen molar-refractivity contribution < 1.29 is 16.7 Å². The first-order valence-electron chi connectivity index (χ1n) is 8.49. The monoisotopic (exact) mass is 301 g/mol. The van der Waals surface area contributed by atoms with Gasteiger partial charge in [0, 0.05) is 0 Å². The molecule has 6 nitrogen and oxygen atoms in total. The van der Waals surface area contributed by atoms with Crippen molar-refractivity contribution in [3.05, 3.63) is 97.2 Å². The highest BCUT2D eigenvalue weighted by Crippen LogP contribution is 2.12. The van der Waals surface area contributed by atoms with Crippen molar-refractivity contribution in [2.75, 3.05) is 0 Å². The molecule has 0 aromatic heterocycles. The number of benzene rings is 2. The first-order valence-corrected chi connectivity index (χ1v) is 5.99. The summed E-state index contributed by atoms with van der Waals surface area (Å²) in [6, 6.07) is 3.86. The number of rotatable bonds is 5. The van der Waals surface area contributed by atoms with Gasteiger partial charge >= 0.3 is 5.82 Å². The molecule has 0 aliphatic heterocycles. The molecule has 0 atom stereocenters. The van der Waals surface area contributed by atoms with E-state index in [4.69, 9.17) is 6.85 Å². The number of nitro groups is 2. The Bertz CT molecular complexity index is 942. The molecule has 2 aromatic carbocycles. The summed E-state index contributed by atoms with van der Waals surface area (Å²) < 4.78 is 38.5. The van der Waals surface area contributed by atoms with Gasteiger partial charge in [0.05, 0.1) is 6.85 Å². The van der Waals surface area contributed by atoms with Crippen LogP contribution in [-0.4, -0.2) is 9.85 Å². The third kappa shape index (κ3) is 4.11. The minimum atomic E-state index is -1.16. The molecule has 2 aromatic rings. The molecule has 110 valence electrons. The van der Waals surface area contributed by atoms with Gasteiger partial charge in [0.2, 0.25) is 0 Å². The Hall–Kier alpha value is -3.28. The maximum absolute atomic E-state index is 10.6. The summed E-state index contributed by atoms with van der Waals surface area (Å²) in [4.78, 5) is 19.1. The Kier molecular flexibility index (Phi) is 3.03. The largest absolute Gasteiger partial charge is 0.559 e. The molecule has 0 spiro atoms. The Labute approximate surface area is 133 Å². The molecule has 0 N–H and O–H groups in total. The smallest absolute Gasteiger partial charge is 0.253 e. The summed E-state index contributed by atoms with van der Waals surface area (Å²) >= 11 is 0. The van der Waals surface area contributed by atoms with Crippen LogP contribution in [0.3, 0.4) is 0 Å². The van der Waals surface area contributed by atoms with Crippen LogP contribution in [0.2, 0.25) is 0 Å². The van der Waals surface area contributed by atoms with Gasteiger partial charge in [-0.15, -0.1) is 0 Å². The second-order valence-electron chi connectivity index (χ2n) is 4.06. The first kappa shape index (κ1) is 9.62. The Morgan fingerprint density at radius 2 is 1.36 bits per heavy atom. The predicted octanol–water partition coefficient (Wildman–Crippen LogP) is 3.71. The van der Waals surface area contributed by atoms with Gasteiger partial charge in [-0.05, 0) is 16.7 Å². The number of hydrogen-bond acceptors (Lipinski definition) is 4. The fraction of sp³-hybridized carbons (Fsp3) is 0. The molecule has 0 bridgehead atoms. The van der Waals surface area contributed by atoms with Crippen LogP contribution in [0.25, 0.3) is 18.2 Å². The van der Waals surface area contributed by atoms with E-state index in [1.54, 1.807) is 0 Å². The van der Waals surface area contributed by atoms with Gasteiger partial charge in [-0.25, -0.2) is 0 Å².